The van der Waals surface area contributed by atoms with Crippen molar-refractivity contribution in [1.29, 1.82) is 0 Å². The van der Waals surface area contributed by atoms with Crippen LogP contribution in [-0.4, -0.2) is 11.7 Å². The molecule has 3 nitrogen and oxygen atoms in total. The Hall–Kier alpha value is -0.830. The Morgan fingerprint density at radius 3 is 2.32 bits per heavy atom. The van der Waals surface area contributed by atoms with Gasteiger partial charge in [0.25, 0.3) is 0 Å². The van der Waals surface area contributed by atoms with Gasteiger partial charge in [0, 0.05) is 17.9 Å². The maximum atomic E-state index is 5.65. The summed E-state index contributed by atoms with van der Waals surface area (Å²) < 4.78 is 5.56. The van der Waals surface area contributed by atoms with Crippen LogP contribution in [0.4, 0.5) is 0 Å². The van der Waals surface area contributed by atoms with Crippen LogP contribution >= 0.6 is 0 Å². The highest BCUT2D eigenvalue weighted by atomic mass is 16.5. The van der Waals surface area contributed by atoms with E-state index in [1.54, 1.807) is 0 Å². The molecule has 1 aromatic rings. The second kappa shape index (κ2) is 4.34. The average molecular weight is 260 g/mol. The second-order valence-electron chi connectivity index (χ2n) is 7.11. The van der Waals surface area contributed by atoms with Gasteiger partial charge in [-0.25, -0.2) is 0 Å². The van der Waals surface area contributed by atoms with Gasteiger partial charge in [-0.2, -0.15) is 0 Å². The van der Waals surface area contributed by atoms with Gasteiger partial charge in [0.15, 0.2) is 0 Å². The maximum Gasteiger partial charge on any atom is 0.141 e. The van der Waals surface area contributed by atoms with Crippen molar-refractivity contribution in [3.05, 3.63) is 17.0 Å². The maximum absolute atomic E-state index is 5.65. The molecule has 1 heterocycles. The lowest BCUT2D eigenvalue weighted by Crippen LogP contribution is -2.44. The molecule has 5 rings (SSSR count). The van der Waals surface area contributed by atoms with Crippen LogP contribution < -0.4 is 5.73 Å². The standard InChI is InChI=1S/C16H24N2O/c1-9-14(2-3-17)19-18-16(9)15-12-5-10-4-11(7-12)8-13(15)6-10/h10-13,15H,2-8,17H2,1H3. The lowest BCUT2D eigenvalue weighted by molar-refractivity contribution is -0.00523. The molecule has 0 spiro atoms. The second-order valence-corrected chi connectivity index (χ2v) is 7.11. The molecule has 0 radical (unpaired) electrons. The molecule has 0 aromatic carbocycles. The zero-order valence-electron chi connectivity index (χ0n) is 11.8. The summed E-state index contributed by atoms with van der Waals surface area (Å²) in [4.78, 5) is 0. The first kappa shape index (κ1) is 12.0. The predicted molar refractivity (Wildman–Crippen MR) is 73.8 cm³/mol. The summed E-state index contributed by atoms with van der Waals surface area (Å²) in [5, 5.41) is 4.45. The summed E-state index contributed by atoms with van der Waals surface area (Å²) in [5.41, 5.74) is 8.21. The summed E-state index contributed by atoms with van der Waals surface area (Å²) in [5.74, 6) is 5.51. The number of hydrogen-bond acceptors (Lipinski definition) is 3. The lowest BCUT2D eigenvalue weighted by atomic mass is 9.51. The minimum absolute atomic E-state index is 0.650. The Morgan fingerprint density at radius 2 is 1.74 bits per heavy atom. The van der Waals surface area contributed by atoms with E-state index in [2.05, 4.69) is 12.1 Å². The lowest BCUT2D eigenvalue weighted by Gasteiger charge is -2.54. The number of rotatable bonds is 3. The third-order valence-corrected chi connectivity index (χ3v) is 5.97. The van der Waals surface area contributed by atoms with E-state index in [4.69, 9.17) is 10.3 Å². The first-order valence-electron chi connectivity index (χ1n) is 7.91. The van der Waals surface area contributed by atoms with Crippen LogP contribution in [0.3, 0.4) is 0 Å². The van der Waals surface area contributed by atoms with Crippen molar-refractivity contribution >= 4 is 0 Å². The Bertz CT molecular complexity index is 451. The number of nitrogens with zero attached hydrogens (tertiary/aromatic N) is 1. The molecule has 4 aliphatic rings. The van der Waals surface area contributed by atoms with Crippen molar-refractivity contribution in [1.82, 2.24) is 5.16 Å². The van der Waals surface area contributed by atoms with Crippen LogP contribution in [0.1, 0.15) is 55.0 Å². The highest BCUT2D eigenvalue weighted by molar-refractivity contribution is 5.28. The molecule has 4 fully saturated rings. The molecule has 4 bridgehead atoms. The monoisotopic (exact) mass is 260 g/mol. The molecule has 2 N–H and O–H groups in total. The zero-order valence-corrected chi connectivity index (χ0v) is 11.8. The first-order valence-corrected chi connectivity index (χ1v) is 7.91. The van der Waals surface area contributed by atoms with E-state index in [1.807, 2.05) is 0 Å². The van der Waals surface area contributed by atoms with Gasteiger partial charge in [-0.1, -0.05) is 5.16 Å². The molecule has 3 heteroatoms. The predicted octanol–water partition coefficient (Wildman–Crippen LogP) is 3.02. The molecule has 0 atom stereocenters. The summed E-state index contributed by atoms with van der Waals surface area (Å²) in [7, 11) is 0. The van der Waals surface area contributed by atoms with Gasteiger partial charge in [-0.05, 0) is 69.2 Å². The summed E-state index contributed by atoms with van der Waals surface area (Å²) in [6, 6.07) is 0. The minimum Gasteiger partial charge on any atom is -0.361 e. The fourth-order valence-electron chi connectivity index (χ4n) is 5.43. The van der Waals surface area contributed by atoms with Gasteiger partial charge >= 0.3 is 0 Å². The fraction of sp³-hybridized carbons (Fsp3) is 0.812. The third-order valence-electron chi connectivity index (χ3n) is 5.97. The molecule has 0 amide bonds. The van der Waals surface area contributed by atoms with Crippen molar-refractivity contribution in [2.75, 3.05) is 6.54 Å². The van der Waals surface area contributed by atoms with Crippen LogP contribution in [0.5, 0.6) is 0 Å². The third kappa shape index (κ3) is 1.78. The van der Waals surface area contributed by atoms with Gasteiger partial charge in [-0.3, -0.25) is 0 Å². The molecule has 0 unspecified atom stereocenters. The van der Waals surface area contributed by atoms with Crippen molar-refractivity contribution in [3.63, 3.8) is 0 Å². The van der Waals surface area contributed by atoms with Crippen molar-refractivity contribution in [2.24, 2.45) is 29.4 Å². The number of hydrogen-bond donors (Lipinski definition) is 1. The topological polar surface area (TPSA) is 52.0 Å². The highest BCUT2D eigenvalue weighted by Crippen LogP contribution is 2.59. The smallest absolute Gasteiger partial charge is 0.141 e. The Kier molecular flexibility index (Phi) is 2.73. The van der Waals surface area contributed by atoms with E-state index in [0.717, 1.165) is 35.9 Å². The van der Waals surface area contributed by atoms with Gasteiger partial charge in [0.05, 0.1) is 5.69 Å². The normalized spacial score (nSPS) is 40.0. The largest absolute Gasteiger partial charge is 0.361 e. The number of aromatic nitrogens is 1. The Labute approximate surface area is 114 Å². The van der Waals surface area contributed by atoms with E-state index in [-0.39, 0.29) is 0 Å². The minimum atomic E-state index is 0.650. The average Bonchev–Trinajstić information content (AvgIpc) is 2.71. The van der Waals surface area contributed by atoms with Crippen LogP contribution in [-0.2, 0) is 6.42 Å². The molecule has 104 valence electrons. The van der Waals surface area contributed by atoms with E-state index in [9.17, 15) is 0 Å². The molecule has 0 aliphatic heterocycles. The highest BCUT2D eigenvalue weighted by Gasteiger charge is 2.50. The van der Waals surface area contributed by atoms with Crippen LogP contribution in [0.2, 0.25) is 0 Å². The SMILES string of the molecule is Cc1c(C2C3CC4CC(C3)CC2C4)noc1CCN. The van der Waals surface area contributed by atoms with Gasteiger partial charge in [0.2, 0.25) is 0 Å². The van der Waals surface area contributed by atoms with Gasteiger partial charge < -0.3 is 10.3 Å². The Morgan fingerprint density at radius 1 is 1.11 bits per heavy atom. The molecular formula is C16H24N2O. The van der Waals surface area contributed by atoms with Crippen LogP contribution in [0.15, 0.2) is 4.52 Å². The Balaban J connectivity index is 1.65. The number of nitrogens with two attached hydrogens (primary N) is 1. The van der Waals surface area contributed by atoms with Crippen molar-refractivity contribution in [3.8, 4) is 0 Å². The summed E-state index contributed by atoms with van der Waals surface area (Å²) in [6.07, 6.45) is 8.10. The van der Waals surface area contributed by atoms with E-state index in [0.29, 0.717) is 12.5 Å². The van der Waals surface area contributed by atoms with E-state index in [1.165, 1.54) is 43.4 Å². The van der Waals surface area contributed by atoms with Crippen molar-refractivity contribution < 1.29 is 4.52 Å². The molecule has 19 heavy (non-hydrogen) atoms. The van der Waals surface area contributed by atoms with Crippen molar-refractivity contribution in [2.45, 2.75) is 51.4 Å². The van der Waals surface area contributed by atoms with Crippen LogP contribution in [0.25, 0.3) is 0 Å². The first-order chi connectivity index (χ1) is 9.26. The molecule has 1 aromatic heterocycles. The van der Waals surface area contributed by atoms with E-state index < -0.39 is 0 Å². The van der Waals surface area contributed by atoms with Crippen LogP contribution in [0, 0.1) is 30.6 Å². The molecule has 4 saturated carbocycles. The quantitative estimate of drug-likeness (QED) is 0.909. The molecule has 4 aliphatic carbocycles. The van der Waals surface area contributed by atoms with Gasteiger partial charge in [0.1, 0.15) is 5.76 Å². The van der Waals surface area contributed by atoms with E-state index >= 15 is 0 Å². The summed E-state index contributed by atoms with van der Waals surface area (Å²) >= 11 is 0. The van der Waals surface area contributed by atoms with Gasteiger partial charge in [-0.15, -0.1) is 0 Å². The zero-order chi connectivity index (χ0) is 13.0. The fourth-order valence-corrected chi connectivity index (χ4v) is 5.43. The molecule has 0 saturated heterocycles. The molecular weight excluding hydrogens is 236 g/mol. The summed E-state index contributed by atoms with van der Waals surface area (Å²) in [6.45, 7) is 2.83.